The normalized spacial score (nSPS) is 8.88. The summed E-state index contributed by atoms with van der Waals surface area (Å²) < 4.78 is 0. The van der Waals surface area contributed by atoms with Gasteiger partial charge in [0.15, 0.2) is 0 Å². The van der Waals surface area contributed by atoms with Crippen LogP contribution in [0.1, 0.15) is 18.1 Å². The van der Waals surface area contributed by atoms with Gasteiger partial charge < -0.3 is 0 Å². The van der Waals surface area contributed by atoms with Crippen molar-refractivity contribution in [2.45, 2.75) is 6.92 Å². The van der Waals surface area contributed by atoms with E-state index in [0.717, 1.165) is 16.5 Å². The van der Waals surface area contributed by atoms with Crippen molar-refractivity contribution in [3.05, 3.63) is 47.5 Å². The standard InChI is InChI=1S/C15H10S/c1-2-3-12-4-6-14-7-5-13(8-9-16)11-15(14)10-12/h4-7,10-11,16H,1H3. The summed E-state index contributed by atoms with van der Waals surface area (Å²) in [5.41, 5.74) is 2.01. The topological polar surface area (TPSA) is 0 Å². The van der Waals surface area contributed by atoms with E-state index < -0.39 is 0 Å². The molecule has 0 bridgehead atoms. The monoisotopic (exact) mass is 222 g/mol. The number of rotatable bonds is 0. The summed E-state index contributed by atoms with van der Waals surface area (Å²) in [7, 11) is 0. The molecule has 0 saturated carbocycles. The van der Waals surface area contributed by atoms with Gasteiger partial charge in [-0.3, -0.25) is 0 Å². The van der Waals surface area contributed by atoms with E-state index in [1.165, 1.54) is 5.39 Å². The van der Waals surface area contributed by atoms with Gasteiger partial charge in [0.25, 0.3) is 0 Å². The molecule has 0 amide bonds. The molecule has 0 atom stereocenters. The minimum Gasteiger partial charge on any atom is -0.101 e. The van der Waals surface area contributed by atoms with Gasteiger partial charge in [-0.2, -0.15) is 0 Å². The first-order valence-corrected chi connectivity index (χ1v) is 5.40. The maximum atomic E-state index is 3.90. The van der Waals surface area contributed by atoms with Crippen LogP contribution in [0.3, 0.4) is 0 Å². The molecule has 0 nitrogen and oxygen atoms in total. The van der Waals surface area contributed by atoms with Crippen molar-refractivity contribution in [3.63, 3.8) is 0 Å². The fourth-order valence-corrected chi connectivity index (χ4v) is 1.74. The summed E-state index contributed by atoms with van der Waals surface area (Å²) in [5, 5.41) is 4.97. The molecule has 0 saturated heterocycles. The molecule has 0 aliphatic heterocycles. The van der Waals surface area contributed by atoms with Crippen LogP contribution in [0, 0.1) is 23.0 Å². The first-order chi connectivity index (χ1) is 7.83. The molecule has 0 aliphatic rings. The molecule has 0 spiro atoms. The summed E-state index contributed by atoms with van der Waals surface area (Å²) in [6.45, 7) is 1.84. The van der Waals surface area contributed by atoms with Crippen LogP contribution < -0.4 is 0 Å². The van der Waals surface area contributed by atoms with Gasteiger partial charge in [0, 0.05) is 11.1 Å². The predicted molar refractivity (Wildman–Crippen MR) is 72.4 cm³/mol. The molecule has 16 heavy (non-hydrogen) atoms. The van der Waals surface area contributed by atoms with E-state index in [1.807, 2.05) is 19.1 Å². The highest BCUT2D eigenvalue weighted by Gasteiger charge is 1.95. The van der Waals surface area contributed by atoms with Crippen LogP contribution in [0.15, 0.2) is 36.4 Å². The quantitative estimate of drug-likeness (QED) is 0.512. The van der Waals surface area contributed by atoms with E-state index in [-0.39, 0.29) is 0 Å². The Labute approximate surface area is 101 Å². The van der Waals surface area contributed by atoms with Crippen molar-refractivity contribution in [1.29, 1.82) is 0 Å². The Morgan fingerprint density at radius 3 is 2.06 bits per heavy atom. The predicted octanol–water partition coefficient (Wildman–Crippen LogP) is 3.45. The Bertz CT molecular complexity index is 591. The molecule has 2 aromatic rings. The van der Waals surface area contributed by atoms with Gasteiger partial charge in [0.2, 0.25) is 0 Å². The van der Waals surface area contributed by atoms with Crippen molar-refractivity contribution >= 4 is 23.4 Å². The lowest BCUT2D eigenvalue weighted by Crippen LogP contribution is -1.79. The molecule has 2 rings (SSSR count). The maximum absolute atomic E-state index is 3.90. The molecule has 0 unspecified atom stereocenters. The molecule has 0 fully saturated rings. The van der Waals surface area contributed by atoms with Crippen molar-refractivity contribution in [2.24, 2.45) is 0 Å². The second kappa shape index (κ2) is 4.79. The fourth-order valence-electron chi connectivity index (χ4n) is 1.61. The Morgan fingerprint density at radius 1 is 0.875 bits per heavy atom. The van der Waals surface area contributed by atoms with Gasteiger partial charge in [-0.15, -0.1) is 5.92 Å². The average Bonchev–Trinajstić information content (AvgIpc) is 2.29. The van der Waals surface area contributed by atoms with Gasteiger partial charge >= 0.3 is 0 Å². The van der Waals surface area contributed by atoms with Gasteiger partial charge in [0.1, 0.15) is 0 Å². The lowest BCUT2D eigenvalue weighted by Gasteiger charge is -1.99. The Kier molecular flexibility index (Phi) is 3.20. The third-order valence-electron chi connectivity index (χ3n) is 2.31. The van der Waals surface area contributed by atoms with Crippen LogP contribution in [-0.4, -0.2) is 0 Å². The first-order valence-electron chi connectivity index (χ1n) is 4.95. The van der Waals surface area contributed by atoms with E-state index in [2.05, 4.69) is 59.9 Å². The number of hydrogen-bond donors (Lipinski definition) is 1. The zero-order valence-corrected chi connectivity index (χ0v) is 9.81. The van der Waals surface area contributed by atoms with E-state index in [1.54, 1.807) is 0 Å². The summed E-state index contributed by atoms with van der Waals surface area (Å²) >= 11 is 3.90. The SMILES string of the molecule is CC#Cc1ccc2ccc(C#CS)cc2c1. The highest BCUT2D eigenvalue weighted by molar-refractivity contribution is 7.85. The minimum absolute atomic E-state index is 0.976. The van der Waals surface area contributed by atoms with Gasteiger partial charge in [0.05, 0.1) is 0 Å². The number of benzene rings is 2. The summed E-state index contributed by atoms with van der Waals surface area (Å²) in [6.07, 6.45) is 0. The lowest BCUT2D eigenvalue weighted by atomic mass is 10.0. The van der Waals surface area contributed by atoms with Crippen molar-refractivity contribution < 1.29 is 0 Å². The zero-order valence-electron chi connectivity index (χ0n) is 8.91. The third-order valence-corrected chi connectivity index (χ3v) is 2.42. The Balaban J connectivity index is 2.62. The summed E-state index contributed by atoms with van der Waals surface area (Å²) in [5.74, 6) is 8.88. The molecule has 76 valence electrons. The Hall–Kier alpha value is -1.83. The molecule has 0 aliphatic carbocycles. The summed E-state index contributed by atoms with van der Waals surface area (Å²) in [4.78, 5) is 0. The Morgan fingerprint density at radius 2 is 1.50 bits per heavy atom. The van der Waals surface area contributed by atoms with Crippen LogP contribution in [0.5, 0.6) is 0 Å². The summed E-state index contributed by atoms with van der Waals surface area (Å²) in [6, 6.07) is 12.3. The van der Waals surface area contributed by atoms with Crippen LogP contribution in [-0.2, 0) is 0 Å². The number of thiol groups is 1. The van der Waals surface area contributed by atoms with Gasteiger partial charge in [-0.25, -0.2) is 0 Å². The lowest BCUT2D eigenvalue weighted by molar-refractivity contribution is 1.66. The second-order valence-electron chi connectivity index (χ2n) is 3.39. The molecular weight excluding hydrogens is 212 g/mol. The molecule has 0 aromatic heterocycles. The molecule has 2 aromatic carbocycles. The smallest absolute Gasteiger partial charge is 0.0260 e. The maximum Gasteiger partial charge on any atom is 0.0260 e. The molecule has 0 radical (unpaired) electrons. The van der Waals surface area contributed by atoms with E-state index in [4.69, 9.17) is 0 Å². The highest BCUT2D eigenvalue weighted by Crippen LogP contribution is 2.17. The van der Waals surface area contributed by atoms with Crippen LogP contribution in [0.25, 0.3) is 10.8 Å². The van der Waals surface area contributed by atoms with Crippen LogP contribution in [0.4, 0.5) is 0 Å². The third kappa shape index (κ3) is 2.22. The average molecular weight is 222 g/mol. The van der Waals surface area contributed by atoms with E-state index in [0.29, 0.717) is 0 Å². The first kappa shape index (κ1) is 10.7. The van der Waals surface area contributed by atoms with Gasteiger partial charge in [-0.1, -0.05) is 36.6 Å². The largest absolute Gasteiger partial charge is 0.101 e. The van der Waals surface area contributed by atoms with Crippen LogP contribution in [0.2, 0.25) is 0 Å². The number of fused-ring (bicyclic) bond motifs is 1. The van der Waals surface area contributed by atoms with Crippen LogP contribution >= 0.6 is 12.6 Å². The molecule has 0 N–H and O–H groups in total. The van der Waals surface area contributed by atoms with E-state index in [9.17, 15) is 0 Å². The molecular formula is C15H10S. The zero-order chi connectivity index (χ0) is 11.4. The van der Waals surface area contributed by atoms with Crippen molar-refractivity contribution in [2.75, 3.05) is 0 Å². The van der Waals surface area contributed by atoms with Crippen molar-refractivity contribution in [1.82, 2.24) is 0 Å². The fraction of sp³-hybridized carbons (Fsp3) is 0.0667. The number of hydrogen-bond acceptors (Lipinski definition) is 1. The highest BCUT2D eigenvalue weighted by atomic mass is 32.1. The minimum atomic E-state index is 0.976. The molecule has 0 heterocycles. The molecule has 1 heteroatoms. The second-order valence-corrected chi connectivity index (χ2v) is 3.61. The van der Waals surface area contributed by atoms with E-state index >= 15 is 0 Å². The van der Waals surface area contributed by atoms with Gasteiger partial charge in [-0.05, 0) is 47.2 Å². The van der Waals surface area contributed by atoms with Crippen molar-refractivity contribution in [3.8, 4) is 23.0 Å².